The third-order valence-electron chi connectivity index (χ3n) is 18.4. The van der Waals surface area contributed by atoms with Gasteiger partial charge in [0, 0.05) is 194 Å². The van der Waals surface area contributed by atoms with Gasteiger partial charge in [0.15, 0.2) is 46.0 Å². The molecule has 0 aromatic heterocycles. The Kier molecular flexibility index (Phi) is 74.5. The molecular formula is C94H115Cl12FN6O14P6Ti6. The molecule has 0 aliphatic rings. The van der Waals surface area contributed by atoms with Gasteiger partial charge in [-0.15, -0.1) is 0 Å². The first-order chi connectivity index (χ1) is 66.3. The first kappa shape index (κ1) is 134. The van der Waals surface area contributed by atoms with Crippen molar-refractivity contribution in [1.29, 1.82) is 0 Å². The van der Waals surface area contributed by atoms with Crippen LogP contribution in [-0.2, 0) is 102 Å². The zero-order valence-electron chi connectivity index (χ0n) is 80.4. The molecule has 0 aliphatic heterocycles. The van der Waals surface area contributed by atoms with Crippen LogP contribution in [0.3, 0.4) is 0 Å². The van der Waals surface area contributed by atoms with E-state index in [1.807, 2.05) is 168 Å². The predicted molar refractivity (Wildman–Crippen MR) is 591 cm³/mol. The van der Waals surface area contributed by atoms with Crippen molar-refractivity contribution in [3.8, 4) is 80.5 Å². The van der Waals surface area contributed by atoms with E-state index in [2.05, 4.69) is 111 Å². The van der Waals surface area contributed by atoms with Crippen molar-refractivity contribution in [3.05, 3.63) is 241 Å². The second kappa shape index (κ2) is 77.3. The van der Waals surface area contributed by atoms with Crippen LogP contribution in [-0.4, -0.2) is 172 Å². The number of ether oxygens (including phenoxy) is 8. The van der Waals surface area contributed by atoms with E-state index in [0.717, 1.165) is 60.0 Å². The molecule has 0 aliphatic carbocycles. The Balaban J connectivity index is 0.000000804. The fourth-order valence-electron chi connectivity index (χ4n) is 12.0. The van der Waals surface area contributed by atoms with Crippen molar-refractivity contribution in [2.24, 2.45) is 0 Å². The summed E-state index contributed by atoms with van der Waals surface area (Å²) < 4.78 is 55.1. The molecular weight excluding hydrogens is 2350 g/mol. The summed E-state index contributed by atoms with van der Waals surface area (Å²) >= 11 is -3.33. The molecule has 0 saturated heterocycles. The van der Waals surface area contributed by atoms with Gasteiger partial charge < -0.3 is 97.9 Å². The quantitative estimate of drug-likeness (QED) is 0.0220. The van der Waals surface area contributed by atoms with Crippen molar-refractivity contribution in [3.63, 3.8) is 0 Å². The first-order valence-corrected chi connectivity index (χ1v) is 72.2. The summed E-state index contributed by atoms with van der Waals surface area (Å²) in [4.78, 5) is 12.3. The maximum atomic E-state index is 13.5. The number of anilines is 6. The number of phenols is 6. The van der Waals surface area contributed by atoms with E-state index in [0.29, 0.717) is 94.2 Å². The summed E-state index contributed by atoms with van der Waals surface area (Å²) in [5, 5.41) is 73.0. The van der Waals surface area contributed by atoms with E-state index in [9.17, 15) is 35.0 Å². The summed E-state index contributed by atoms with van der Waals surface area (Å²) in [6.45, 7) is 4.19. The average molecular weight is 2470 g/mol. The molecule has 139 heavy (non-hydrogen) atoms. The third kappa shape index (κ3) is 49.3. The van der Waals surface area contributed by atoms with E-state index >= 15 is 0 Å². The molecule has 6 N–H and O–H groups in total. The number of methoxy groups -OCH3 is 8. The molecule has 20 nitrogen and oxygen atoms in total. The van der Waals surface area contributed by atoms with Gasteiger partial charge in [0.1, 0.15) is 40.3 Å². The molecule has 0 spiro atoms. The topological polar surface area (TPSA) is 215 Å². The standard InChI is InChI=1S/C16H19FNO3P.C16H20NO3P.2C16H20NO2P.2C15H18NO2P.12ClH.6Ti/c1-18(2)12-7-10(17)5-6-14(12)22-15-9-11(20-3)8-13(21-4)16(15)19;1-17(2)12-7-5-6-8-14(12)21-15-10-11(19-3)9-13(20-4)16(15)18;1-11-5-8-15(13(9-11)17(2)3)20-16-10-12(19-4)6-7-14(16)18;1-11-7-5-8-12(17(2)3)16(11)20-14-10-6-9-13(19-4)15(14)18;1-16(2)11-7-4-5-9-13(11)19-14-10-6-8-12(18-3)15(14)17;1-16(2)12-6-4-5-7-14(12)19-15-10-11(18-3)8-9-13(15)17;;;;;;;;;;;;;;;;;;/h5-9,19,22H,1-4H3;5-10,18,21H,1-4H3;2*5-10,18,20H,1-4H3;2*4-10,17,19H,1-3H3;12*1H;;;;;;/q;;;;;;;;;;;;;;;;;;6*+2/p-12. The van der Waals surface area contributed by atoms with Gasteiger partial charge in [-0.05, 0) is 134 Å². The molecule has 0 radical (unpaired) electrons. The van der Waals surface area contributed by atoms with Gasteiger partial charge in [-0.3, -0.25) is 0 Å². The zero-order chi connectivity index (χ0) is 105. The molecule has 0 saturated carbocycles. The Hall–Kier alpha value is -3.08. The molecule has 0 fully saturated rings. The van der Waals surface area contributed by atoms with Crippen LogP contribution in [0.2, 0.25) is 0 Å². The van der Waals surface area contributed by atoms with Crippen molar-refractivity contribution in [2.75, 3.05) is 171 Å². The molecule has 6 atom stereocenters. The molecule has 0 amide bonds. The number of rotatable bonds is 26. The maximum absolute atomic E-state index is 13.5. The fraction of sp³-hybridized carbons (Fsp3) is 0.234. The molecule has 45 heteroatoms. The van der Waals surface area contributed by atoms with Crippen LogP contribution in [0.1, 0.15) is 11.1 Å². The van der Waals surface area contributed by atoms with Gasteiger partial charge in [-0.1, -0.05) is 155 Å². The monoisotopic (exact) mass is 2460 g/mol. The fourth-order valence-corrected chi connectivity index (χ4v) is 20.1. The Morgan fingerprint density at radius 3 is 0.835 bits per heavy atom. The van der Waals surface area contributed by atoms with Gasteiger partial charge >= 0.3 is 214 Å². The van der Waals surface area contributed by atoms with E-state index in [1.165, 1.54) is 81.4 Å². The van der Waals surface area contributed by atoms with Gasteiger partial charge in [0.05, 0.1) is 56.9 Å². The molecule has 12 aromatic rings. The Labute approximate surface area is 931 Å². The van der Waals surface area contributed by atoms with E-state index < -0.39 is 102 Å². The van der Waals surface area contributed by atoms with Crippen LogP contribution in [0, 0.1) is 19.7 Å². The SMILES string of the molecule is COc1cc(OC)c(O)c(Pc2ccc(F)cc2N(C)C)c1.COc1cc(OC)c(O)c(Pc2ccccc2N(C)C)c1.COc1ccc(O)c(Pc2ccc(C)cc2N(C)C)c1.COc1ccc(O)c(Pc2ccccc2N(C)C)c1.COc1cccc(Pc2c(C)cccc2N(C)C)c1O.COc1cccc(Pc2ccccc2N(C)C)c1O.[Cl][Ti][Cl].[Cl][Ti][Cl].[Cl][Ti][Cl].[Cl][Ti][Cl].[Cl][Ti][Cl].[Cl][Ti][Cl]. The zero-order valence-corrected chi connectivity index (χ0v) is 105. The van der Waals surface area contributed by atoms with Gasteiger partial charge in [0.2, 0.25) is 0 Å². The minimum atomic E-state index is -0.556. The summed E-state index contributed by atoms with van der Waals surface area (Å²) in [5.74, 6) is 5.70. The van der Waals surface area contributed by atoms with Gasteiger partial charge in [-0.2, -0.15) is 0 Å². The minimum absolute atomic E-state index is 0.0793. The normalized spacial score (nSPS) is 10.1. The summed E-state index contributed by atoms with van der Waals surface area (Å²) in [7, 11) is 97.3. The first-order valence-electron chi connectivity index (χ1n) is 40.4. The second-order valence-electron chi connectivity index (χ2n) is 28.7. The van der Waals surface area contributed by atoms with Crippen LogP contribution in [0.5, 0.6) is 80.5 Å². The van der Waals surface area contributed by atoms with Crippen molar-refractivity contribution < 1.29 is 175 Å². The number of aryl methyl sites for hydroxylation is 2. The number of nitrogens with zero attached hydrogens (tertiary/aromatic N) is 6. The molecule has 12 rings (SSSR count). The summed E-state index contributed by atoms with van der Waals surface area (Å²) in [6, 6.07) is 70.7. The number of hydrogen-bond acceptors (Lipinski definition) is 20. The van der Waals surface area contributed by atoms with Gasteiger partial charge in [-0.25, -0.2) is 4.39 Å². The number of phenolic OH excluding ortho intramolecular Hbond substituents is 6. The van der Waals surface area contributed by atoms with Crippen molar-refractivity contribution in [2.45, 2.75) is 13.8 Å². The van der Waals surface area contributed by atoms with E-state index in [4.69, 9.17) is 150 Å². The van der Waals surface area contributed by atoms with E-state index in [-0.39, 0.29) is 37.4 Å². The molecule has 0 heterocycles. The van der Waals surface area contributed by atoms with Crippen LogP contribution in [0.25, 0.3) is 0 Å². The summed E-state index contributed by atoms with van der Waals surface area (Å²) in [5.41, 5.74) is 9.09. The number of hydrogen-bond donors (Lipinski definition) is 6. The Bertz CT molecular complexity index is 5490. The van der Waals surface area contributed by atoms with Crippen molar-refractivity contribution in [1.82, 2.24) is 0 Å². The van der Waals surface area contributed by atoms with Crippen molar-refractivity contribution >= 4 is 261 Å². The Morgan fingerprint density at radius 1 is 0.237 bits per heavy atom. The van der Waals surface area contributed by atoms with Crippen LogP contribution in [0.15, 0.2) is 224 Å². The number of aromatic hydroxyl groups is 6. The molecule has 12 aromatic carbocycles. The van der Waals surface area contributed by atoms with Gasteiger partial charge in [0.25, 0.3) is 0 Å². The number of para-hydroxylation sites is 5. The van der Waals surface area contributed by atoms with Crippen LogP contribution in [0.4, 0.5) is 38.5 Å². The molecule has 6 unspecified atom stereocenters. The van der Waals surface area contributed by atoms with Crippen LogP contribution < -0.4 is 131 Å². The van der Waals surface area contributed by atoms with E-state index in [1.54, 1.807) is 103 Å². The molecule has 750 valence electrons. The predicted octanol–water partition coefficient (Wildman–Crippen LogP) is 21.6. The average Bonchev–Trinajstić information content (AvgIpc) is 1.63. The third-order valence-corrected chi connectivity index (χ3v) is 26.8. The second-order valence-corrected chi connectivity index (χ2v) is 52.1. The van der Waals surface area contributed by atoms with Crippen LogP contribution >= 0.6 is 163 Å². The number of benzene rings is 12. The Morgan fingerprint density at radius 2 is 0.504 bits per heavy atom. The summed E-state index contributed by atoms with van der Waals surface area (Å²) in [6.07, 6.45) is 0. The molecule has 0 bridgehead atoms. The number of halogens is 13.